The lowest BCUT2D eigenvalue weighted by Gasteiger charge is -2.30. The largest absolute Gasteiger partial charge is 0.487 e. The van der Waals surface area contributed by atoms with E-state index in [1.165, 1.54) is 0 Å². The van der Waals surface area contributed by atoms with Crippen LogP contribution < -0.4 is 10.1 Å². The van der Waals surface area contributed by atoms with Gasteiger partial charge in [0, 0.05) is 36.1 Å². The van der Waals surface area contributed by atoms with Crippen molar-refractivity contribution in [3.63, 3.8) is 0 Å². The minimum absolute atomic E-state index is 0.0765. The Morgan fingerprint density at radius 3 is 2.62 bits per heavy atom. The van der Waals surface area contributed by atoms with Crippen LogP contribution in [-0.2, 0) is 6.61 Å². The van der Waals surface area contributed by atoms with E-state index < -0.39 is 0 Å². The molecule has 0 bridgehead atoms. The van der Waals surface area contributed by atoms with Crippen LogP contribution in [0.5, 0.6) is 5.75 Å². The molecule has 0 saturated heterocycles. The molecule has 0 atom stereocenters. The summed E-state index contributed by atoms with van der Waals surface area (Å²) in [6, 6.07) is 8.19. The maximum atomic E-state index is 12.4. The van der Waals surface area contributed by atoms with E-state index in [4.69, 9.17) is 4.74 Å². The van der Waals surface area contributed by atoms with Crippen LogP contribution in [0, 0.1) is 6.92 Å². The molecule has 2 rings (SSSR count). The van der Waals surface area contributed by atoms with Crippen LogP contribution in [0.3, 0.4) is 0 Å². The number of carbonyl (C=O) groups excluding carboxylic acids is 1. The highest BCUT2D eigenvalue weighted by Crippen LogP contribution is 2.16. The maximum Gasteiger partial charge on any atom is 0.251 e. The van der Waals surface area contributed by atoms with Gasteiger partial charge in [0.25, 0.3) is 5.91 Å². The first kappa shape index (κ1) is 20.4. The zero-order chi connectivity index (χ0) is 19.1. The molecule has 0 saturated carbocycles. The molecule has 0 unspecified atom stereocenters. The fraction of sp³-hybridized carbons (Fsp3) is 0.500. The Hall–Kier alpha value is -1.92. The van der Waals surface area contributed by atoms with Gasteiger partial charge in [-0.25, -0.2) is 4.98 Å². The van der Waals surface area contributed by atoms with Gasteiger partial charge in [-0.05, 0) is 52.8 Å². The zero-order valence-corrected chi connectivity index (χ0v) is 17.1. The summed E-state index contributed by atoms with van der Waals surface area (Å²) in [5.41, 5.74) is 1.52. The first-order valence-corrected chi connectivity index (χ1v) is 9.92. The summed E-state index contributed by atoms with van der Waals surface area (Å²) >= 11 is 1.60. The second-order valence-corrected chi connectivity index (χ2v) is 7.92. The lowest BCUT2D eigenvalue weighted by atomic mass is 10.2. The van der Waals surface area contributed by atoms with Gasteiger partial charge in [0.15, 0.2) is 0 Å². The number of hydrogen-bond donors (Lipinski definition) is 1. The lowest BCUT2D eigenvalue weighted by molar-refractivity contribution is 0.0939. The summed E-state index contributed by atoms with van der Waals surface area (Å²) in [6.07, 6.45) is 0. The highest BCUT2D eigenvalue weighted by Gasteiger charge is 2.13. The molecule has 0 fully saturated rings. The van der Waals surface area contributed by atoms with Crippen molar-refractivity contribution in [1.82, 2.24) is 15.2 Å². The summed E-state index contributed by atoms with van der Waals surface area (Å²) in [4.78, 5) is 19.1. The minimum Gasteiger partial charge on any atom is -0.487 e. The van der Waals surface area contributed by atoms with Crippen LogP contribution in [0.25, 0.3) is 0 Å². The molecule has 26 heavy (non-hydrogen) atoms. The van der Waals surface area contributed by atoms with Crippen molar-refractivity contribution in [1.29, 1.82) is 0 Å². The molecule has 1 heterocycles. The number of ether oxygens (including phenoxy) is 1. The molecule has 0 spiro atoms. The number of aryl methyl sites for hydroxylation is 1. The maximum absolute atomic E-state index is 12.4. The number of rotatable bonds is 9. The van der Waals surface area contributed by atoms with Crippen LogP contribution >= 0.6 is 11.3 Å². The van der Waals surface area contributed by atoms with Crippen molar-refractivity contribution in [2.45, 2.75) is 53.3 Å². The van der Waals surface area contributed by atoms with Crippen LogP contribution in [-0.4, -0.2) is 41.0 Å². The predicted molar refractivity (Wildman–Crippen MR) is 107 cm³/mol. The van der Waals surface area contributed by atoms with E-state index in [9.17, 15) is 4.79 Å². The van der Waals surface area contributed by atoms with Gasteiger partial charge in [-0.3, -0.25) is 9.69 Å². The van der Waals surface area contributed by atoms with Crippen molar-refractivity contribution in [2.24, 2.45) is 0 Å². The van der Waals surface area contributed by atoms with E-state index in [-0.39, 0.29) is 5.91 Å². The molecule has 1 aromatic carbocycles. The number of benzene rings is 1. The van der Waals surface area contributed by atoms with Crippen molar-refractivity contribution in [3.05, 3.63) is 45.9 Å². The Morgan fingerprint density at radius 1 is 1.27 bits per heavy atom. The molecule has 2 aromatic rings. The van der Waals surface area contributed by atoms with Gasteiger partial charge in [0.1, 0.15) is 12.4 Å². The third-order valence-electron chi connectivity index (χ3n) is 4.13. The van der Waals surface area contributed by atoms with Crippen LogP contribution in [0.2, 0.25) is 0 Å². The summed E-state index contributed by atoms with van der Waals surface area (Å²) in [5, 5.41) is 6.01. The monoisotopic (exact) mass is 375 g/mol. The Balaban J connectivity index is 1.87. The minimum atomic E-state index is -0.0765. The molecule has 6 heteroatoms. The van der Waals surface area contributed by atoms with Crippen molar-refractivity contribution < 1.29 is 9.53 Å². The van der Waals surface area contributed by atoms with Crippen LogP contribution in [0.1, 0.15) is 48.8 Å². The van der Waals surface area contributed by atoms with Gasteiger partial charge in [-0.2, -0.15) is 0 Å². The molecule has 142 valence electrons. The van der Waals surface area contributed by atoms with Gasteiger partial charge >= 0.3 is 0 Å². The Bertz CT molecular complexity index is 705. The number of nitrogens with one attached hydrogen (secondary N) is 1. The molecule has 5 nitrogen and oxygen atoms in total. The average Bonchev–Trinajstić information content (AvgIpc) is 3.01. The molecular weight excluding hydrogens is 346 g/mol. The van der Waals surface area contributed by atoms with Gasteiger partial charge < -0.3 is 10.1 Å². The molecule has 0 aliphatic heterocycles. The van der Waals surface area contributed by atoms with Crippen LogP contribution in [0.15, 0.2) is 29.6 Å². The van der Waals surface area contributed by atoms with Gasteiger partial charge in [0.2, 0.25) is 0 Å². The zero-order valence-electron chi connectivity index (χ0n) is 16.3. The predicted octanol–water partition coefficient (Wildman–Crippen LogP) is 3.88. The molecule has 0 radical (unpaired) electrons. The summed E-state index contributed by atoms with van der Waals surface area (Å²) in [6.45, 7) is 12.5. The number of aromatic nitrogens is 1. The summed E-state index contributed by atoms with van der Waals surface area (Å²) < 4.78 is 5.76. The van der Waals surface area contributed by atoms with Gasteiger partial charge in [-0.15, -0.1) is 11.3 Å². The van der Waals surface area contributed by atoms with Crippen molar-refractivity contribution >= 4 is 17.2 Å². The Kier molecular flexibility index (Phi) is 7.60. The normalized spacial score (nSPS) is 11.4. The SMILES string of the molecule is Cc1nc(COc2cccc(C(=O)NCCN(C(C)C)C(C)C)c2)cs1. The Morgan fingerprint density at radius 2 is 2.00 bits per heavy atom. The number of thiazole rings is 1. The van der Waals surface area contributed by atoms with E-state index in [0.717, 1.165) is 17.2 Å². The number of nitrogens with zero attached hydrogens (tertiary/aromatic N) is 2. The molecule has 1 amide bonds. The quantitative estimate of drug-likeness (QED) is 0.723. The van der Waals surface area contributed by atoms with Crippen molar-refractivity contribution in [3.8, 4) is 5.75 Å². The number of hydrogen-bond acceptors (Lipinski definition) is 5. The third kappa shape index (κ3) is 6.11. The number of carbonyl (C=O) groups is 1. The Labute approximate surface area is 160 Å². The van der Waals surface area contributed by atoms with E-state index in [0.29, 0.717) is 36.5 Å². The molecular formula is C20H29N3O2S. The first-order chi connectivity index (χ1) is 12.4. The standard InChI is InChI=1S/C20H29N3O2S/c1-14(2)23(15(3)4)10-9-21-20(24)17-7-6-8-19(11-17)25-12-18-13-26-16(5)22-18/h6-8,11,13-15H,9-10,12H2,1-5H3,(H,21,24). The van der Waals surface area contributed by atoms with Gasteiger partial charge in [-0.1, -0.05) is 6.07 Å². The topological polar surface area (TPSA) is 54.5 Å². The second-order valence-electron chi connectivity index (χ2n) is 6.86. The first-order valence-electron chi connectivity index (χ1n) is 9.04. The van der Waals surface area contributed by atoms with Crippen LogP contribution in [0.4, 0.5) is 0 Å². The molecule has 0 aliphatic rings. The van der Waals surface area contributed by atoms with Gasteiger partial charge in [0.05, 0.1) is 10.7 Å². The fourth-order valence-corrected chi connectivity index (χ4v) is 3.47. The van der Waals surface area contributed by atoms with Crippen molar-refractivity contribution in [2.75, 3.05) is 13.1 Å². The molecule has 1 aromatic heterocycles. The second kappa shape index (κ2) is 9.69. The smallest absolute Gasteiger partial charge is 0.251 e. The lowest BCUT2D eigenvalue weighted by Crippen LogP contribution is -2.42. The average molecular weight is 376 g/mol. The molecule has 0 aliphatic carbocycles. The van der Waals surface area contributed by atoms with E-state index in [2.05, 4.69) is 42.9 Å². The number of amides is 1. The summed E-state index contributed by atoms with van der Waals surface area (Å²) in [5.74, 6) is 0.599. The molecule has 1 N–H and O–H groups in total. The highest BCUT2D eigenvalue weighted by atomic mass is 32.1. The summed E-state index contributed by atoms with van der Waals surface area (Å²) in [7, 11) is 0. The van der Waals surface area contributed by atoms with E-state index in [1.807, 2.05) is 24.4 Å². The van der Waals surface area contributed by atoms with E-state index in [1.54, 1.807) is 23.5 Å². The highest BCUT2D eigenvalue weighted by molar-refractivity contribution is 7.09. The fourth-order valence-electron chi connectivity index (χ4n) is 2.87. The van der Waals surface area contributed by atoms with E-state index >= 15 is 0 Å². The third-order valence-corrected chi connectivity index (χ3v) is 4.95.